The Balaban J connectivity index is 2.08. The number of aryl methyl sites for hydroxylation is 1. The second-order valence-corrected chi connectivity index (χ2v) is 5.08. The quantitative estimate of drug-likeness (QED) is 0.802. The summed E-state index contributed by atoms with van der Waals surface area (Å²) < 4.78 is 6.99. The van der Waals surface area contributed by atoms with Gasteiger partial charge >= 0.3 is 5.97 Å². The first-order chi connectivity index (χ1) is 11.1. The molecule has 0 radical (unpaired) electrons. The van der Waals surface area contributed by atoms with Crippen molar-refractivity contribution in [2.75, 3.05) is 7.11 Å². The largest absolute Gasteiger partial charge is 0.497 e. The molecule has 0 aliphatic rings. The number of methoxy groups -OCH3 is 1. The fourth-order valence-electron chi connectivity index (χ4n) is 2.30. The molecule has 3 rings (SSSR count). The Morgan fingerprint density at radius 1 is 1.26 bits per heavy atom. The van der Waals surface area contributed by atoms with Crippen molar-refractivity contribution < 1.29 is 14.6 Å². The van der Waals surface area contributed by atoms with E-state index in [9.17, 15) is 9.90 Å². The first kappa shape index (κ1) is 14.8. The number of nitrogens with zero attached hydrogens (tertiary/aromatic N) is 3. The molecule has 6 nitrogen and oxygen atoms in total. The molecular weight excluding hydrogens is 294 g/mol. The fraction of sp³-hybridized carbons (Fsp3) is 0.118. The summed E-state index contributed by atoms with van der Waals surface area (Å²) >= 11 is 0. The number of benzene rings is 1. The van der Waals surface area contributed by atoms with E-state index in [1.165, 1.54) is 0 Å². The van der Waals surface area contributed by atoms with Gasteiger partial charge in [0, 0.05) is 18.6 Å². The van der Waals surface area contributed by atoms with Crippen LogP contribution in [0.1, 0.15) is 21.7 Å². The summed E-state index contributed by atoms with van der Waals surface area (Å²) in [4.78, 5) is 20.2. The minimum Gasteiger partial charge on any atom is -0.497 e. The van der Waals surface area contributed by atoms with E-state index in [1.807, 2.05) is 17.8 Å². The van der Waals surface area contributed by atoms with Crippen molar-refractivity contribution in [2.45, 2.75) is 0 Å². The Morgan fingerprint density at radius 2 is 2.04 bits per heavy atom. The van der Waals surface area contributed by atoms with Crippen LogP contribution in [0.25, 0.3) is 23.1 Å². The number of carboxylic acid groups (broad SMARTS) is 1. The summed E-state index contributed by atoms with van der Waals surface area (Å²) in [6, 6.07) is 6.73. The maximum atomic E-state index is 11.5. The number of carbonyl (C=O) groups is 1. The number of aromatic nitrogens is 3. The zero-order chi connectivity index (χ0) is 16.4. The number of imidazole rings is 1. The van der Waals surface area contributed by atoms with Crippen LogP contribution in [0.4, 0.5) is 0 Å². The molecule has 0 bridgehead atoms. The lowest BCUT2D eigenvalue weighted by Gasteiger charge is -2.06. The molecule has 2 aromatic heterocycles. The van der Waals surface area contributed by atoms with Gasteiger partial charge in [0.25, 0.3) is 0 Å². The van der Waals surface area contributed by atoms with Gasteiger partial charge in [0.05, 0.1) is 35.9 Å². The van der Waals surface area contributed by atoms with Crippen molar-refractivity contribution in [1.82, 2.24) is 14.5 Å². The van der Waals surface area contributed by atoms with Gasteiger partial charge in [-0.15, -0.1) is 0 Å². The van der Waals surface area contributed by atoms with Gasteiger partial charge < -0.3 is 14.4 Å². The van der Waals surface area contributed by atoms with Crippen LogP contribution < -0.4 is 4.74 Å². The van der Waals surface area contributed by atoms with Crippen molar-refractivity contribution in [2.24, 2.45) is 7.05 Å². The fourth-order valence-corrected chi connectivity index (χ4v) is 2.30. The number of rotatable bonds is 4. The predicted molar refractivity (Wildman–Crippen MR) is 87.4 cm³/mol. The van der Waals surface area contributed by atoms with Crippen LogP contribution in [0.2, 0.25) is 0 Å². The van der Waals surface area contributed by atoms with Crippen LogP contribution in [-0.2, 0) is 7.05 Å². The number of carboxylic acids is 1. The second-order valence-electron chi connectivity index (χ2n) is 5.08. The van der Waals surface area contributed by atoms with E-state index < -0.39 is 5.97 Å². The predicted octanol–water partition coefficient (Wildman–Crippen LogP) is 2.85. The van der Waals surface area contributed by atoms with E-state index >= 15 is 0 Å². The zero-order valence-corrected chi connectivity index (χ0v) is 12.7. The molecule has 0 aliphatic heterocycles. The minimum absolute atomic E-state index is 0.189. The van der Waals surface area contributed by atoms with E-state index in [-0.39, 0.29) is 5.56 Å². The maximum Gasteiger partial charge on any atom is 0.336 e. The molecule has 6 heteroatoms. The van der Waals surface area contributed by atoms with Crippen molar-refractivity contribution in [3.05, 3.63) is 53.7 Å². The molecule has 0 spiro atoms. The first-order valence-electron chi connectivity index (χ1n) is 6.95. The summed E-state index contributed by atoms with van der Waals surface area (Å²) in [5.41, 5.74) is 2.13. The lowest BCUT2D eigenvalue weighted by atomic mass is 10.1. The minimum atomic E-state index is -1.00. The van der Waals surface area contributed by atoms with Crippen molar-refractivity contribution >= 4 is 29.0 Å². The average molecular weight is 309 g/mol. The van der Waals surface area contributed by atoms with Gasteiger partial charge in [0.2, 0.25) is 0 Å². The summed E-state index contributed by atoms with van der Waals surface area (Å²) in [5, 5.41) is 10.00. The zero-order valence-electron chi connectivity index (χ0n) is 12.7. The summed E-state index contributed by atoms with van der Waals surface area (Å²) in [6.45, 7) is 0. The Hall–Kier alpha value is -3.15. The Labute approximate surface area is 132 Å². The number of aromatic carboxylic acids is 1. The number of pyridine rings is 1. The highest BCUT2D eigenvalue weighted by atomic mass is 16.5. The standard InChI is InChI=1S/C17H15N3O3/c1-20-9-12(18-10-20)4-3-11-7-15(17(21)22)14-8-13(23-2)5-6-16(14)19-11/h3-10H,1-2H3,(H,21,22). The third kappa shape index (κ3) is 3.06. The summed E-state index contributed by atoms with van der Waals surface area (Å²) in [5.74, 6) is -0.406. The molecule has 0 saturated heterocycles. The van der Waals surface area contributed by atoms with Crippen LogP contribution in [-0.4, -0.2) is 32.7 Å². The molecule has 116 valence electrons. The van der Waals surface area contributed by atoms with E-state index in [0.29, 0.717) is 22.3 Å². The van der Waals surface area contributed by atoms with Crippen molar-refractivity contribution in [1.29, 1.82) is 0 Å². The third-order valence-corrected chi connectivity index (χ3v) is 3.42. The lowest BCUT2D eigenvalue weighted by Crippen LogP contribution is -2.00. The number of ether oxygens (including phenoxy) is 1. The first-order valence-corrected chi connectivity index (χ1v) is 6.95. The van der Waals surface area contributed by atoms with Gasteiger partial charge in [0.1, 0.15) is 5.75 Å². The maximum absolute atomic E-state index is 11.5. The highest BCUT2D eigenvalue weighted by Crippen LogP contribution is 2.24. The Bertz CT molecular complexity index is 913. The lowest BCUT2D eigenvalue weighted by molar-refractivity contribution is 0.0699. The Kier molecular flexibility index (Phi) is 3.80. The van der Waals surface area contributed by atoms with Crippen LogP contribution >= 0.6 is 0 Å². The number of fused-ring (bicyclic) bond motifs is 1. The highest BCUT2D eigenvalue weighted by molar-refractivity contribution is 6.03. The molecule has 3 aromatic rings. The van der Waals surface area contributed by atoms with E-state index in [4.69, 9.17) is 4.74 Å². The Morgan fingerprint density at radius 3 is 2.70 bits per heavy atom. The van der Waals surface area contributed by atoms with Crippen LogP contribution in [0.3, 0.4) is 0 Å². The molecule has 0 atom stereocenters. The monoisotopic (exact) mass is 309 g/mol. The van der Waals surface area contributed by atoms with Gasteiger partial charge in [-0.25, -0.2) is 14.8 Å². The second kappa shape index (κ2) is 5.92. The molecule has 0 aliphatic carbocycles. The van der Waals surface area contributed by atoms with Crippen molar-refractivity contribution in [3.63, 3.8) is 0 Å². The van der Waals surface area contributed by atoms with Crippen molar-refractivity contribution in [3.8, 4) is 5.75 Å². The van der Waals surface area contributed by atoms with Gasteiger partial charge in [-0.05, 0) is 36.4 Å². The van der Waals surface area contributed by atoms with E-state index in [2.05, 4.69) is 9.97 Å². The average Bonchev–Trinajstić information content (AvgIpc) is 2.97. The summed E-state index contributed by atoms with van der Waals surface area (Å²) in [6.07, 6.45) is 7.10. The number of hydrogen-bond donors (Lipinski definition) is 1. The van der Waals surface area contributed by atoms with Gasteiger partial charge in [-0.3, -0.25) is 0 Å². The van der Waals surface area contributed by atoms with Gasteiger partial charge in [-0.1, -0.05) is 0 Å². The van der Waals surface area contributed by atoms with Gasteiger partial charge in [0.15, 0.2) is 0 Å². The van der Waals surface area contributed by atoms with E-state index in [1.54, 1.807) is 49.9 Å². The molecule has 1 N–H and O–H groups in total. The smallest absolute Gasteiger partial charge is 0.336 e. The molecule has 0 fully saturated rings. The van der Waals surface area contributed by atoms with Crippen LogP contribution in [0.15, 0.2) is 36.8 Å². The van der Waals surface area contributed by atoms with Crippen LogP contribution in [0, 0.1) is 0 Å². The molecule has 0 unspecified atom stereocenters. The van der Waals surface area contributed by atoms with Crippen LogP contribution in [0.5, 0.6) is 5.75 Å². The molecule has 0 amide bonds. The SMILES string of the molecule is COc1ccc2nc(C=Cc3cn(C)cn3)cc(C(=O)O)c2c1. The molecule has 23 heavy (non-hydrogen) atoms. The highest BCUT2D eigenvalue weighted by Gasteiger charge is 2.12. The molecule has 1 aromatic carbocycles. The van der Waals surface area contributed by atoms with E-state index in [0.717, 1.165) is 5.69 Å². The molecular formula is C17H15N3O3. The third-order valence-electron chi connectivity index (χ3n) is 3.42. The number of hydrogen-bond acceptors (Lipinski definition) is 4. The van der Waals surface area contributed by atoms with Gasteiger partial charge in [-0.2, -0.15) is 0 Å². The topological polar surface area (TPSA) is 77.2 Å². The molecule has 0 saturated carbocycles. The molecule has 2 heterocycles. The normalized spacial score (nSPS) is 11.2. The summed E-state index contributed by atoms with van der Waals surface area (Å²) in [7, 11) is 3.42.